The molecule has 1 aromatic rings. The molecule has 1 atom stereocenters. The predicted molar refractivity (Wildman–Crippen MR) is 62.5 cm³/mol. The number of rotatable bonds is 1. The van der Waals surface area contributed by atoms with Gasteiger partial charge in [-0.3, -0.25) is 0 Å². The molecule has 0 unspecified atom stereocenters. The van der Waals surface area contributed by atoms with Gasteiger partial charge in [-0.15, -0.1) is 0 Å². The molecule has 76 valence electrons. The molecule has 2 rings (SSSR count). The highest BCUT2D eigenvalue weighted by Crippen LogP contribution is 2.22. The van der Waals surface area contributed by atoms with Gasteiger partial charge in [0.25, 0.3) is 0 Å². The lowest BCUT2D eigenvalue weighted by Gasteiger charge is -2.25. The van der Waals surface area contributed by atoms with Crippen LogP contribution in [0.3, 0.4) is 0 Å². The van der Waals surface area contributed by atoms with Gasteiger partial charge in [-0.1, -0.05) is 28.1 Å². The third-order valence-electron chi connectivity index (χ3n) is 2.64. The van der Waals surface area contributed by atoms with Gasteiger partial charge in [-0.2, -0.15) is 0 Å². The van der Waals surface area contributed by atoms with Crippen LogP contribution in [0.5, 0.6) is 0 Å². The van der Waals surface area contributed by atoms with Crippen molar-refractivity contribution in [3.8, 4) is 0 Å². The molecule has 0 aromatic heterocycles. The van der Waals surface area contributed by atoms with Gasteiger partial charge in [0.2, 0.25) is 0 Å². The minimum Gasteiger partial charge on any atom is -0.314 e. The number of benzene rings is 1. The molecule has 0 saturated carbocycles. The highest BCUT2D eigenvalue weighted by molar-refractivity contribution is 9.10. The summed E-state index contributed by atoms with van der Waals surface area (Å²) in [6, 6.07) is 7.03. The van der Waals surface area contributed by atoms with Gasteiger partial charge in [0, 0.05) is 30.1 Å². The van der Waals surface area contributed by atoms with Gasteiger partial charge in [-0.05, 0) is 24.1 Å². The Morgan fingerprint density at radius 3 is 2.86 bits per heavy atom. The van der Waals surface area contributed by atoms with Crippen molar-refractivity contribution in [3.63, 3.8) is 0 Å². The largest absolute Gasteiger partial charge is 0.314 e. The fourth-order valence-electron chi connectivity index (χ4n) is 1.71. The zero-order chi connectivity index (χ0) is 9.97. The topological polar surface area (TPSA) is 24.1 Å². The van der Waals surface area contributed by atoms with Crippen molar-refractivity contribution in [1.82, 2.24) is 10.6 Å². The number of halogens is 1. The minimum absolute atomic E-state index is 0.459. The molecule has 1 heterocycles. The molecule has 0 aliphatic carbocycles. The molecule has 1 aliphatic heterocycles. The van der Waals surface area contributed by atoms with E-state index < -0.39 is 0 Å². The SMILES string of the molecule is Cc1ccc([C@H]2CNCCN2)cc1Br. The lowest BCUT2D eigenvalue weighted by atomic mass is 10.0. The highest BCUT2D eigenvalue weighted by atomic mass is 79.9. The Balaban J connectivity index is 2.18. The zero-order valence-corrected chi connectivity index (χ0v) is 9.89. The zero-order valence-electron chi connectivity index (χ0n) is 8.31. The van der Waals surface area contributed by atoms with E-state index in [1.165, 1.54) is 15.6 Å². The number of piperazine rings is 1. The number of aryl methyl sites for hydroxylation is 1. The fourth-order valence-corrected chi connectivity index (χ4v) is 2.11. The first-order chi connectivity index (χ1) is 6.77. The van der Waals surface area contributed by atoms with Crippen LogP contribution in [0.4, 0.5) is 0 Å². The normalized spacial score (nSPS) is 22.3. The maximum Gasteiger partial charge on any atom is 0.0447 e. The summed E-state index contributed by atoms with van der Waals surface area (Å²) in [5.74, 6) is 0. The molecule has 0 amide bonds. The second-order valence-corrected chi connectivity index (χ2v) is 4.57. The average molecular weight is 255 g/mol. The van der Waals surface area contributed by atoms with E-state index in [4.69, 9.17) is 0 Å². The summed E-state index contributed by atoms with van der Waals surface area (Å²) in [6.07, 6.45) is 0. The molecule has 14 heavy (non-hydrogen) atoms. The third-order valence-corrected chi connectivity index (χ3v) is 3.49. The van der Waals surface area contributed by atoms with E-state index in [2.05, 4.69) is 51.7 Å². The van der Waals surface area contributed by atoms with E-state index in [0.29, 0.717) is 6.04 Å². The van der Waals surface area contributed by atoms with Crippen LogP contribution in [0, 0.1) is 6.92 Å². The molecule has 0 spiro atoms. The summed E-state index contributed by atoms with van der Waals surface area (Å²) in [7, 11) is 0. The summed E-state index contributed by atoms with van der Waals surface area (Å²) in [6.45, 7) is 5.26. The first kappa shape index (κ1) is 10.1. The lowest BCUT2D eigenvalue weighted by Crippen LogP contribution is -2.42. The van der Waals surface area contributed by atoms with E-state index in [-0.39, 0.29) is 0 Å². The standard InChI is InChI=1S/C11H15BrN2/c1-8-2-3-9(6-10(8)12)11-7-13-4-5-14-11/h2-3,6,11,13-14H,4-5,7H2,1H3/t11-/m1/s1. The Morgan fingerprint density at radius 2 is 2.21 bits per heavy atom. The van der Waals surface area contributed by atoms with Crippen LogP contribution in [-0.4, -0.2) is 19.6 Å². The van der Waals surface area contributed by atoms with Crippen molar-refractivity contribution in [3.05, 3.63) is 33.8 Å². The van der Waals surface area contributed by atoms with E-state index in [1.807, 2.05) is 0 Å². The third kappa shape index (κ3) is 2.16. The predicted octanol–water partition coefficient (Wildman–Crippen LogP) is 1.99. The number of nitrogens with one attached hydrogen (secondary N) is 2. The molecule has 1 aromatic carbocycles. The molecular formula is C11H15BrN2. The van der Waals surface area contributed by atoms with Gasteiger partial charge in [0.15, 0.2) is 0 Å². The Kier molecular flexibility index (Phi) is 3.21. The Labute approximate surface area is 93.2 Å². The van der Waals surface area contributed by atoms with Gasteiger partial charge < -0.3 is 10.6 Å². The van der Waals surface area contributed by atoms with Gasteiger partial charge in [0.05, 0.1) is 0 Å². The van der Waals surface area contributed by atoms with Gasteiger partial charge in [-0.25, -0.2) is 0 Å². The Morgan fingerprint density at radius 1 is 1.36 bits per heavy atom. The van der Waals surface area contributed by atoms with Crippen LogP contribution >= 0.6 is 15.9 Å². The molecule has 2 N–H and O–H groups in total. The first-order valence-electron chi connectivity index (χ1n) is 4.97. The monoisotopic (exact) mass is 254 g/mol. The summed E-state index contributed by atoms with van der Waals surface area (Å²) in [5, 5.41) is 6.89. The molecule has 1 saturated heterocycles. The maximum absolute atomic E-state index is 3.56. The molecular weight excluding hydrogens is 240 g/mol. The fraction of sp³-hybridized carbons (Fsp3) is 0.455. The molecule has 2 nitrogen and oxygen atoms in total. The van der Waals surface area contributed by atoms with Crippen LogP contribution in [0.15, 0.2) is 22.7 Å². The van der Waals surface area contributed by atoms with Crippen LogP contribution in [0.25, 0.3) is 0 Å². The number of hydrogen-bond donors (Lipinski definition) is 2. The van der Waals surface area contributed by atoms with Crippen LogP contribution in [-0.2, 0) is 0 Å². The molecule has 1 fully saturated rings. The molecule has 0 bridgehead atoms. The van der Waals surface area contributed by atoms with Crippen molar-refractivity contribution in [1.29, 1.82) is 0 Å². The maximum atomic E-state index is 3.56. The van der Waals surface area contributed by atoms with E-state index >= 15 is 0 Å². The second-order valence-electron chi connectivity index (χ2n) is 3.72. The lowest BCUT2D eigenvalue weighted by molar-refractivity contribution is 0.430. The smallest absolute Gasteiger partial charge is 0.0447 e. The van der Waals surface area contributed by atoms with Crippen molar-refractivity contribution < 1.29 is 0 Å². The van der Waals surface area contributed by atoms with Gasteiger partial charge in [0.1, 0.15) is 0 Å². The first-order valence-corrected chi connectivity index (χ1v) is 5.77. The minimum atomic E-state index is 0.459. The number of hydrogen-bond acceptors (Lipinski definition) is 2. The van der Waals surface area contributed by atoms with E-state index in [0.717, 1.165) is 19.6 Å². The van der Waals surface area contributed by atoms with Gasteiger partial charge >= 0.3 is 0 Å². The average Bonchev–Trinajstić information content (AvgIpc) is 2.23. The van der Waals surface area contributed by atoms with E-state index in [9.17, 15) is 0 Å². The van der Waals surface area contributed by atoms with Crippen molar-refractivity contribution in [2.75, 3.05) is 19.6 Å². The molecule has 1 aliphatic rings. The summed E-state index contributed by atoms with van der Waals surface area (Å²) < 4.78 is 1.20. The summed E-state index contributed by atoms with van der Waals surface area (Å²) in [5.41, 5.74) is 2.65. The molecule has 0 radical (unpaired) electrons. The summed E-state index contributed by atoms with van der Waals surface area (Å²) in [4.78, 5) is 0. The second kappa shape index (κ2) is 4.43. The molecule has 3 heteroatoms. The van der Waals surface area contributed by atoms with Crippen LogP contribution in [0.2, 0.25) is 0 Å². The quantitative estimate of drug-likeness (QED) is 0.802. The van der Waals surface area contributed by atoms with Crippen molar-refractivity contribution in [2.45, 2.75) is 13.0 Å². The summed E-state index contributed by atoms with van der Waals surface area (Å²) >= 11 is 3.56. The van der Waals surface area contributed by atoms with Crippen molar-refractivity contribution >= 4 is 15.9 Å². The van der Waals surface area contributed by atoms with Crippen LogP contribution < -0.4 is 10.6 Å². The highest BCUT2D eigenvalue weighted by Gasteiger charge is 2.14. The van der Waals surface area contributed by atoms with Crippen LogP contribution in [0.1, 0.15) is 17.2 Å². The van der Waals surface area contributed by atoms with E-state index in [1.54, 1.807) is 0 Å². The van der Waals surface area contributed by atoms with Crippen molar-refractivity contribution in [2.24, 2.45) is 0 Å². The Hall–Kier alpha value is -0.380. The Bertz CT molecular complexity index is 319.